The summed E-state index contributed by atoms with van der Waals surface area (Å²) >= 11 is 7.71. The van der Waals surface area contributed by atoms with Gasteiger partial charge in [0.2, 0.25) is 5.13 Å². The van der Waals surface area contributed by atoms with E-state index in [0.29, 0.717) is 28.8 Å². The van der Waals surface area contributed by atoms with E-state index in [9.17, 15) is 10.1 Å². The SMILES string of the molecule is COc1cc(C=C(C#N)C(=O)Nc2nnc(C(C)C)s2)cc(Cl)c1OCCOc1ccc(C)cc1C. The maximum atomic E-state index is 12.6. The molecule has 0 bridgehead atoms. The molecule has 8 nitrogen and oxygen atoms in total. The van der Waals surface area contributed by atoms with Crippen LogP contribution in [0.2, 0.25) is 5.02 Å². The van der Waals surface area contributed by atoms with Crippen molar-refractivity contribution in [2.75, 3.05) is 25.6 Å². The summed E-state index contributed by atoms with van der Waals surface area (Å²) in [6, 6.07) is 11.1. The number of hydrogen-bond donors (Lipinski definition) is 1. The molecule has 3 aromatic rings. The second kappa shape index (κ2) is 12.4. The van der Waals surface area contributed by atoms with E-state index in [-0.39, 0.29) is 23.1 Å². The Kier molecular flexibility index (Phi) is 9.28. The fourth-order valence-corrected chi connectivity index (χ4v) is 4.23. The maximum absolute atomic E-state index is 12.6. The third kappa shape index (κ3) is 6.97. The maximum Gasteiger partial charge on any atom is 0.268 e. The van der Waals surface area contributed by atoms with Crippen molar-refractivity contribution in [1.29, 1.82) is 5.26 Å². The molecule has 0 aliphatic carbocycles. The fraction of sp³-hybridized carbons (Fsp3) is 0.308. The summed E-state index contributed by atoms with van der Waals surface area (Å²) in [5.41, 5.74) is 2.59. The molecule has 1 heterocycles. The summed E-state index contributed by atoms with van der Waals surface area (Å²) in [7, 11) is 1.48. The van der Waals surface area contributed by atoms with Crippen LogP contribution in [-0.4, -0.2) is 36.4 Å². The molecule has 0 spiro atoms. The number of aromatic nitrogens is 2. The number of amides is 1. The molecule has 1 N–H and O–H groups in total. The average Bonchev–Trinajstić information content (AvgIpc) is 3.30. The molecule has 0 aliphatic heterocycles. The molecule has 1 aromatic heterocycles. The van der Waals surface area contributed by atoms with Crippen molar-refractivity contribution in [1.82, 2.24) is 10.2 Å². The number of nitrogens with zero attached hydrogens (tertiary/aromatic N) is 3. The number of halogens is 1. The first-order valence-corrected chi connectivity index (χ1v) is 12.4. The number of carbonyl (C=O) groups is 1. The number of benzene rings is 2. The standard InChI is InChI=1S/C26H27ClN4O4S/c1-15(2)25-30-31-26(36-25)29-24(32)19(14-28)11-18-12-20(27)23(22(13-18)33-5)35-9-8-34-21-7-6-16(3)10-17(21)4/h6-7,10-13,15H,8-9H2,1-5H3,(H,29,31,32). The number of nitrogens with one attached hydrogen (secondary N) is 1. The van der Waals surface area contributed by atoms with Crippen LogP contribution in [0, 0.1) is 25.2 Å². The molecule has 0 aliphatic rings. The minimum absolute atomic E-state index is 0.120. The molecule has 36 heavy (non-hydrogen) atoms. The second-order valence-corrected chi connectivity index (χ2v) is 9.64. The molecule has 0 unspecified atom stereocenters. The largest absolute Gasteiger partial charge is 0.493 e. The highest BCUT2D eigenvalue weighted by atomic mass is 35.5. The molecule has 1 amide bonds. The van der Waals surface area contributed by atoms with Crippen molar-refractivity contribution in [2.24, 2.45) is 0 Å². The lowest BCUT2D eigenvalue weighted by Gasteiger charge is -2.14. The van der Waals surface area contributed by atoms with Crippen molar-refractivity contribution >= 4 is 40.1 Å². The van der Waals surface area contributed by atoms with Gasteiger partial charge in [-0.2, -0.15) is 5.26 Å². The smallest absolute Gasteiger partial charge is 0.268 e. The summed E-state index contributed by atoms with van der Waals surface area (Å²) in [5.74, 6) is 1.09. The van der Waals surface area contributed by atoms with E-state index in [1.54, 1.807) is 12.1 Å². The van der Waals surface area contributed by atoms with E-state index >= 15 is 0 Å². The van der Waals surface area contributed by atoms with Crippen LogP contribution < -0.4 is 19.5 Å². The highest BCUT2D eigenvalue weighted by molar-refractivity contribution is 7.15. The zero-order chi connectivity index (χ0) is 26.2. The Morgan fingerprint density at radius 3 is 2.56 bits per heavy atom. The van der Waals surface area contributed by atoms with Crippen LogP contribution in [0.4, 0.5) is 5.13 Å². The Labute approximate surface area is 219 Å². The molecule has 0 atom stereocenters. The lowest BCUT2D eigenvalue weighted by molar-refractivity contribution is -0.112. The van der Waals surface area contributed by atoms with E-state index in [0.717, 1.165) is 16.3 Å². The lowest BCUT2D eigenvalue weighted by Crippen LogP contribution is -2.13. The lowest BCUT2D eigenvalue weighted by atomic mass is 10.1. The first-order chi connectivity index (χ1) is 17.2. The molecule has 2 aromatic carbocycles. The number of anilines is 1. The van der Waals surface area contributed by atoms with Gasteiger partial charge in [0.1, 0.15) is 35.6 Å². The van der Waals surface area contributed by atoms with E-state index in [2.05, 4.69) is 21.6 Å². The molecule has 10 heteroatoms. The Hall–Kier alpha value is -3.61. The third-order valence-corrected chi connectivity index (χ3v) is 6.42. The number of nitriles is 1. The predicted molar refractivity (Wildman–Crippen MR) is 141 cm³/mol. The summed E-state index contributed by atoms with van der Waals surface area (Å²) in [5, 5.41) is 21.5. The summed E-state index contributed by atoms with van der Waals surface area (Å²) in [6.45, 7) is 8.53. The van der Waals surface area contributed by atoms with Crippen molar-refractivity contribution < 1.29 is 19.0 Å². The van der Waals surface area contributed by atoms with Crippen molar-refractivity contribution in [3.63, 3.8) is 0 Å². The van der Waals surface area contributed by atoms with Crippen LogP contribution >= 0.6 is 22.9 Å². The van der Waals surface area contributed by atoms with Crippen molar-refractivity contribution in [3.05, 3.63) is 62.6 Å². The van der Waals surface area contributed by atoms with Crippen LogP contribution in [0.25, 0.3) is 6.08 Å². The average molecular weight is 527 g/mol. The summed E-state index contributed by atoms with van der Waals surface area (Å²) < 4.78 is 17.0. The van der Waals surface area contributed by atoms with Gasteiger partial charge in [0.05, 0.1) is 12.1 Å². The number of hydrogen-bond acceptors (Lipinski definition) is 8. The second-order valence-electron chi connectivity index (χ2n) is 8.22. The topological polar surface area (TPSA) is 106 Å². The molecule has 3 rings (SSSR count). The van der Waals surface area contributed by atoms with Gasteiger partial charge < -0.3 is 14.2 Å². The number of carbonyl (C=O) groups excluding carboxylic acids is 1. The van der Waals surface area contributed by atoms with Crippen LogP contribution in [0.15, 0.2) is 35.9 Å². The fourth-order valence-electron chi connectivity index (χ4n) is 3.22. The summed E-state index contributed by atoms with van der Waals surface area (Å²) in [6.07, 6.45) is 1.42. The highest BCUT2D eigenvalue weighted by Gasteiger charge is 2.16. The van der Waals surface area contributed by atoms with Crippen LogP contribution in [-0.2, 0) is 4.79 Å². The van der Waals surface area contributed by atoms with Crippen LogP contribution in [0.3, 0.4) is 0 Å². The van der Waals surface area contributed by atoms with E-state index in [1.807, 2.05) is 45.9 Å². The van der Waals surface area contributed by atoms with Gasteiger partial charge in [-0.3, -0.25) is 10.1 Å². The van der Waals surface area contributed by atoms with E-state index < -0.39 is 5.91 Å². The molecule has 0 saturated carbocycles. The minimum atomic E-state index is -0.595. The Morgan fingerprint density at radius 2 is 1.92 bits per heavy atom. The summed E-state index contributed by atoms with van der Waals surface area (Å²) in [4.78, 5) is 12.6. The van der Waals surface area contributed by atoms with Gasteiger partial charge in [-0.1, -0.05) is 54.5 Å². The Balaban J connectivity index is 1.69. The number of aryl methyl sites for hydroxylation is 2. The predicted octanol–water partition coefficient (Wildman–Crippen LogP) is 5.94. The van der Waals surface area contributed by atoms with Crippen molar-refractivity contribution in [2.45, 2.75) is 33.6 Å². The molecular formula is C26H27ClN4O4S. The Bertz CT molecular complexity index is 1310. The van der Waals surface area contributed by atoms with Gasteiger partial charge in [0, 0.05) is 5.92 Å². The zero-order valence-electron chi connectivity index (χ0n) is 20.7. The van der Waals surface area contributed by atoms with Gasteiger partial charge in [-0.15, -0.1) is 10.2 Å². The van der Waals surface area contributed by atoms with E-state index in [4.69, 9.17) is 25.8 Å². The number of rotatable bonds is 10. The molecule has 0 fully saturated rings. The first kappa shape index (κ1) is 27.0. The van der Waals surface area contributed by atoms with Gasteiger partial charge in [-0.05, 0) is 49.2 Å². The molecule has 188 valence electrons. The van der Waals surface area contributed by atoms with Crippen LogP contribution in [0.1, 0.15) is 41.5 Å². The van der Waals surface area contributed by atoms with Gasteiger partial charge in [-0.25, -0.2) is 0 Å². The normalized spacial score (nSPS) is 11.2. The minimum Gasteiger partial charge on any atom is -0.493 e. The van der Waals surface area contributed by atoms with Gasteiger partial charge >= 0.3 is 0 Å². The van der Waals surface area contributed by atoms with Gasteiger partial charge in [0.15, 0.2) is 11.5 Å². The van der Waals surface area contributed by atoms with Crippen molar-refractivity contribution in [3.8, 4) is 23.3 Å². The quantitative estimate of drug-likeness (QED) is 0.198. The third-order valence-electron chi connectivity index (χ3n) is 5.00. The zero-order valence-corrected chi connectivity index (χ0v) is 22.3. The highest BCUT2D eigenvalue weighted by Crippen LogP contribution is 2.37. The van der Waals surface area contributed by atoms with E-state index in [1.165, 1.54) is 30.1 Å². The number of ether oxygens (including phenoxy) is 3. The van der Waals surface area contributed by atoms with Crippen LogP contribution in [0.5, 0.6) is 17.2 Å². The molecular weight excluding hydrogens is 500 g/mol. The number of methoxy groups -OCH3 is 1. The van der Waals surface area contributed by atoms with Gasteiger partial charge in [0.25, 0.3) is 5.91 Å². The Morgan fingerprint density at radius 1 is 1.17 bits per heavy atom. The first-order valence-electron chi connectivity index (χ1n) is 11.2. The monoisotopic (exact) mass is 526 g/mol. The molecule has 0 radical (unpaired) electrons. The molecule has 0 saturated heterocycles.